The van der Waals surface area contributed by atoms with E-state index in [1.807, 2.05) is 18.8 Å². The zero-order chi connectivity index (χ0) is 25.4. The molecule has 4 aliphatic carbocycles. The number of aliphatic hydroxyl groups excluding tert-OH is 1. The maximum absolute atomic E-state index is 12.8. The molecule has 1 aromatic carbocycles. The predicted octanol–water partition coefficient (Wildman–Crippen LogP) is 6.11. The van der Waals surface area contributed by atoms with Crippen LogP contribution in [0.4, 0.5) is 5.69 Å². The Labute approximate surface area is 220 Å². The first-order valence-corrected chi connectivity index (χ1v) is 14.7. The Bertz CT molecular complexity index is 1060. The van der Waals surface area contributed by atoms with Crippen LogP contribution in [0.15, 0.2) is 40.8 Å². The minimum Gasteiger partial charge on any atom is -0.393 e. The van der Waals surface area contributed by atoms with Crippen LogP contribution in [0.2, 0.25) is 0 Å². The van der Waals surface area contributed by atoms with Gasteiger partial charge in [-0.3, -0.25) is 0 Å². The molecule has 4 fully saturated rings. The fourth-order valence-electron chi connectivity index (χ4n) is 8.82. The van der Waals surface area contributed by atoms with E-state index in [4.69, 9.17) is 9.78 Å². The van der Waals surface area contributed by atoms with Crippen molar-refractivity contribution in [2.45, 2.75) is 106 Å². The summed E-state index contributed by atoms with van der Waals surface area (Å²) in [7, 11) is 1.96. The molecule has 7 atom stereocenters. The first-order chi connectivity index (χ1) is 17.0. The van der Waals surface area contributed by atoms with Crippen LogP contribution in [0, 0.1) is 22.7 Å². The van der Waals surface area contributed by atoms with E-state index in [2.05, 4.69) is 56.4 Å². The van der Waals surface area contributed by atoms with Crippen LogP contribution in [0.1, 0.15) is 78.6 Å². The molecule has 6 rings (SSSR count). The van der Waals surface area contributed by atoms with Gasteiger partial charge in [0, 0.05) is 29.5 Å². The predicted molar refractivity (Wildman–Crippen MR) is 144 cm³/mol. The van der Waals surface area contributed by atoms with Gasteiger partial charge >= 0.3 is 0 Å². The summed E-state index contributed by atoms with van der Waals surface area (Å²) in [5.41, 5.74) is 1.21. The normalized spacial score (nSPS) is 45.4. The molecule has 0 bridgehead atoms. The Kier molecular flexibility index (Phi) is 5.94. The molecule has 36 heavy (non-hydrogen) atoms. The van der Waals surface area contributed by atoms with Crippen LogP contribution >= 0.6 is 11.8 Å². The number of benzene rings is 1. The lowest BCUT2D eigenvalue weighted by molar-refractivity contribution is -0.417. The summed E-state index contributed by atoms with van der Waals surface area (Å²) in [6, 6.07) is 8.59. The second kappa shape index (κ2) is 8.47. The second-order valence-corrected chi connectivity index (χ2v) is 14.9. The van der Waals surface area contributed by atoms with Crippen LogP contribution in [0.25, 0.3) is 0 Å². The molecule has 0 amide bonds. The van der Waals surface area contributed by atoms with E-state index >= 15 is 0 Å². The van der Waals surface area contributed by atoms with Crippen molar-refractivity contribution in [3.05, 3.63) is 35.9 Å². The average molecular weight is 514 g/mol. The molecule has 1 spiro atoms. The summed E-state index contributed by atoms with van der Waals surface area (Å²) in [5.74, 6) is 0.914. The van der Waals surface area contributed by atoms with Gasteiger partial charge in [-0.1, -0.05) is 38.5 Å². The van der Waals surface area contributed by atoms with E-state index in [0.29, 0.717) is 24.9 Å². The number of rotatable bonds is 3. The Morgan fingerprint density at radius 2 is 1.89 bits per heavy atom. The van der Waals surface area contributed by atoms with Crippen molar-refractivity contribution in [1.29, 1.82) is 0 Å². The van der Waals surface area contributed by atoms with Crippen molar-refractivity contribution in [1.82, 2.24) is 0 Å². The van der Waals surface area contributed by atoms with Gasteiger partial charge in [0.2, 0.25) is 0 Å². The molecule has 6 heteroatoms. The number of nitrogens with one attached hydrogen (secondary N) is 1. The SMILES string of the molecule is CNc1cccc(S[C@]23CCC4(CC(C)(C)COO4)C[C@]2(O)CC[C@@H]2C3=CC[C@]3(C)[C@@H](O)CC[C@@H]23)c1. The lowest BCUT2D eigenvalue weighted by atomic mass is 9.51. The van der Waals surface area contributed by atoms with Crippen molar-refractivity contribution in [3.63, 3.8) is 0 Å². The zero-order valence-corrected chi connectivity index (χ0v) is 23.1. The average Bonchev–Trinajstić information content (AvgIpc) is 3.13. The molecule has 3 N–H and O–H groups in total. The fraction of sp³-hybridized carbons (Fsp3) is 0.733. The highest BCUT2D eigenvalue weighted by atomic mass is 32.2. The van der Waals surface area contributed by atoms with Gasteiger partial charge < -0.3 is 15.5 Å². The summed E-state index contributed by atoms with van der Waals surface area (Å²) < 4.78 is -0.395. The largest absolute Gasteiger partial charge is 0.393 e. The number of allylic oxidation sites excluding steroid dienone is 1. The van der Waals surface area contributed by atoms with E-state index in [1.165, 1.54) is 10.5 Å². The van der Waals surface area contributed by atoms with E-state index in [1.54, 1.807) is 0 Å². The second-order valence-electron chi connectivity index (χ2n) is 13.5. The molecule has 0 radical (unpaired) electrons. The third kappa shape index (κ3) is 3.73. The minimum absolute atomic E-state index is 0.0337. The lowest BCUT2D eigenvalue weighted by Crippen LogP contribution is -2.67. The molecular weight excluding hydrogens is 470 g/mol. The van der Waals surface area contributed by atoms with Crippen LogP contribution in [0.5, 0.6) is 0 Å². The summed E-state index contributed by atoms with van der Waals surface area (Å²) in [6.45, 7) is 7.38. The van der Waals surface area contributed by atoms with Gasteiger partial charge in [-0.05, 0) is 86.8 Å². The lowest BCUT2D eigenvalue weighted by Gasteiger charge is -2.63. The van der Waals surface area contributed by atoms with E-state index in [9.17, 15) is 10.2 Å². The van der Waals surface area contributed by atoms with Crippen molar-refractivity contribution < 1.29 is 20.0 Å². The van der Waals surface area contributed by atoms with Crippen molar-refractivity contribution >= 4 is 17.4 Å². The summed E-state index contributed by atoms with van der Waals surface area (Å²) in [6.07, 6.45) is 10.1. The van der Waals surface area contributed by atoms with Gasteiger partial charge in [0.05, 0.1) is 23.1 Å². The van der Waals surface area contributed by atoms with Crippen molar-refractivity contribution in [2.75, 3.05) is 19.0 Å². The van der Waals surface area contributed by atoms with Crippen LogP contribution in [-0.2, 0) is 9.78 Å². The summed E-state index contributed by atoms with van der Waals surface area (Å²) in [4.78, 5) is 13.0. The van der Waals surface area contributed by atoms with Gasteiger partial charge in [-0.2, -0.15) is 0 Å². The molecule has 0 aromatic heterocycles. The van der Waals surface area contributed by atoms with Gasteiger partial charge in [0.15, 0.2) is 0 Å². The highest BCUT2D eigenvalue weighted by molar-refractivity contribution is 8.01. The summed E-state index contributed by atoms with van der Waals surface area (Å²) >= 11 is 1.87. The molecule has 1 aromatic rings. The van der Waals surface area contributed by atoms with Crippen molar-refractivity contribution in [2.24, 2.45) is 22.7 Å². The van der Waals surface area contributed by atoms with Gasteiger partial charge in [0.1, 0.15) is 5.60 Å². The third-order valence-corrected chi connectivity index (χ3v) is 12.2. The Hall–Kier alpha value is -1.05. The Balaban J connectivity index is 1.43. The van der Waals surface area contributed by atoms with Gasteiger partial charge in [-0.25, -0.2) is 9.78 Å². The molecule has 1 heterocycles. The molecule has 1 aliphatic heterocycles. The summed E-state index contributed by atoms with van der Waals surface area (Å²) in [5, 5.41) is 26.9. The van der Waals surface area contributed by atoms with E-state index in [0.717, 1.165) is 57.1 Å². The first kappa shape index (κ1) is 25.2. The zero-order valence-electron chi connectivity index (χ0n) is 22.3. The van der Waals surface area contributed by atoms with Crippen LogP contribution in [-0.4, -0.2) is 45.9 Å². The number of anilines is 1. The molecular formula is C30H43NO4S. The van der Waals surface area contributed by atoms with Crippen LogP contribution < -0.4 is 5.32 Å². The number of thioether (sulfide) groups is 1. The maximum atomic E-state index is 12.8. The number of hydrogen-bond donors (Lipinski definition) is 3. The number of hydrogen-bond acceptors (Lipinski definition) is 6. The molecule has 5 aliphatic rings. The quantitative estimate of drug-likeness (QED) is 0.335. The maximum Gasteiger partial charge on any atom is 0.107 e. The highest BCUT2D eigenvalue weighted by Crippen LogP contribution is 2.68. The first-order valence-electron chi connectivity index (χ1n) is 13.9. The molecule has 5 nitrogen and oxygen atoms in total. The Morgan fingerprint density at radius 3 is 2.67 bits per heavy atom. The molecule has 1 saturated heterocycles. The van der Waals surface area contributed by atoms with E-state index in [-0.39, 0.29) is 16.9 Å². The molecule has 198 valence electrons. The van der Waals surface area contributed by atoms with Gasteiger partial charge in [0.25, 0.3) is 0 Å². The van der Waals surface area contributed by atoms with Crippen molar-refractivity contribution in [3.8, 4) is 0 Å². The monoisotopic (exact) mass is 513 g/mol. The fourth-order valence-corrected chi connectivity index (χ4v) is 10.5. The van der Waals surface area contributed by atoms with Crippen LogP contribution in [0.3, 0.4) is 0 Å². The Morgan fingerprint density at radius 1 is 1.06 bits per heavy atom. The van der Waals surface area contributed by atoms with E-state index < -0.39 is 15.9 Å². The standard InChI is InChI=1S/C30H43NO4S/c1-26(2)17-28(35-34-19-26)14-15-30(36-21-7-5-6-20(16-21)31-4)24-11-12-27(3)23(8-9-25(27)32)22(24)10-13-29(30,33)18-28/h5-7,11,16,22-23,25,31-33H,8-10,12-15,17-19H2,1-4H3/t22-,23-,25-,27-,28?,29+,30-/m0/s1. The molecule has 1 unspecified atom stereocenters. The minimum atomic E-state index is -0.879. The smallest absolute Gasteiger partial charge is 0.107 e. The number of aliphatic hydroxyl groups is 2. The van der Waals surface area contributed by atoms with Gasteiger partial charge in [-0.15, -0.1) is 11.8 Å². The highest BCUT2D eigenvalue weighted by Gasteiger charge is 2.67. The molecule has 3 saturated carbocycles. The third-order valence-electron chi connectivity index (χ3n) is 10.5. The number of fused-ring (bicyclic) bond motifs is 5. The topological polar surface area (TPSA) is 71.0 Å².